The van der Waals surface area contributed by atoms with Gasteiger partial charge < -0.3 is 28.4 Å². The highest BCUT2D eigenvalue weighted by molar-refractivity contribution is 6.56. The van der Waals surface area contributed by atoms with Gasteiger partial charge in [-0.15, -0.1) is 0 Å². The van der Waals surface area contributed by atoms with E-state index in [0.29, 0.717) is 19.7 Å². The number of allylic oxidation sites excluding steroid dienone is 1. The van der Waals surface area contributed by atoms with Gasteiger partial charge in [0.1, 0.15) is 18.0 Å². The molecule has 1 aromatic heterocycles. The molecule has 0 N–H and O–H groups in total. The van der Waals surface area contributed by atoms with Gasteiger partial charge in [-0.25, -0.2) is 9.48 Å². The molecule has 0 saturated carbocycles. The molecule has 0 bridgehead atoms. The van der Waals surface area contributed by atoms with Gasteiger partial charge in [-0.05, 0) is 128 Å². The van der Waals surface area contributed by atoms with E-state index in [9.17, 15) is 4.79 Å². The second-order valence-corrected chi connectivity index (χ2v) is 14.5. The Bertz CT molecular complexity index is 1550. The predicted octanol–water partition coefficient (Wildman–Crippen LogP) is 8.21. The van der Waals surface area contributed by atoms with Crippen LogP contribution < -0.4 is 4.74 Å². The van der Waals surface area contributed by atoms with Gasteiger partial charge >= 0.3 is 13.2 Å². The third-order valence-corrected chi connectivity index (χ3v) is 9.36. The maximum atomic E-state index is 12.5. The van der Waals surface area contributed by atoms with Crippen molar-refractivity contribution in [2.45, 2.75) is 111 Å². The minimum Gasteiger partial charge on any atom is -0.492 e. The summed E-state index contributed by atoms with van der Waals surface area (Å²) in [7, 11) is -0.488. The summed E-state index contributed by atoms with van der Waals surface area (Å²) in [5, 5.41) is 5.80. The van der Waals surface area contributed by atoms with Crippen LogP contribution in [0.4, 0.5) is 4.79 Å². The van der Waals surface area contributed by atoms with Crippen molar-refractivity contribution < 1.29 is 28.3 Å². The van der Waals surface area contributed by atoms with E-state index in [1.807, 2.05) is 50.7 Å². The quantitative estimate of drug-likeness (QED) is 0.206. The lowest BCUT2D eigenvalue weighted by Crippen LogP contribution is -2.41. The molecule has 2 aromatic carbocycles. The normalized spacial score (nSPS) is 19.9. The number of amides is 1. The van der Waals surface area contributed by atoms with Crippen molar-refractivity contribution in [2.24, 2.45) is 0 Å². The molecule has 10 heteroatoms. The summed E-state index contributed by atoms with van der Waals surface area (Å²) in [6.45, 7) is 20.1. The molecule has 2 fully saturated rings. The van der Waals surface area contributed by atoms with Crippen molar-refractivity contribution in [3.63, 3.8) is 0 Å². The second-order valence-electron chi connectivity index (χ2n) is 14.5. The summed E-state index contributed by atoms with van der Waals surface area (Å²) in [6, 6.07) is 14.6. The summed E-state index contributed by atoms with van der Waals surface area (Å²) in [5.41, 5.74) is 3.85. The van der Waals surface area contributed by atoms with Gasteiger partial charge in [-0.3, -0.25) is 0 Å². The fourth-order valence-electron chi connectivity index (χ4n) is 6.04. The lowest BCUT2D eigenvalue weighted by atomic mass is 9.70. The van der Waals surface area contributed by atoms with Crippen LogP contribution in [-0.2, 0) is 18.8 Å². The molecule has 3 heterocycles. The molecule has 1 atom stereocenters. The molecular formula is C37H52BN3O6. The molecule has 3 aromatic rings. The van der Waals surface area contributed by atoms with E-state index in [4.69, 9.17) is 28.6 Å². The van der Waals surface area contributed by atoms with Crippen LogP contribution in [-0.4, -0.2) is 71.0 Å². The topological polar surface area (TPSA) is 84.3 Å². The SMILES string of the molecule is CC/C(B1OC(C)(C)C(C)(C)O1)=C(/c1ccc(OCCN(CC)C(=O)OC(C)(C)C)cc1)c1ccc2c(cnn2C2CCCCO2)c1. The van der Waals surface area contributed by atoms with Gasteiger partial charge in [0, 0.05) is 18.5 Å². The highest BCUT2D eigenvalue weighted by atomic mass is 16.7. The number of nitrogens with zero attached hydrogens (tertiary/aromatic N) is 3. The van der Waals surface area contributed by atoms with Crippen molar-refractivity contribution in [3.8, 4) is 5.75 Å². The van der Waals surface area contributed by atoms with Crippen LogP contribution in [0.3, 0.4) is 0 Å². The zero-order valence-corrected chi connectivity index (χ0v) is 29.7. The Morgan fingerprint density at radius 1 is 1.02 bits per heavy atom. The molecule has 2 saturated heterocycles. The maximum Gasteiger partial charge on any atom is 0.491 e. The van der Waals surface area contributed by atoms with Crippen LogP contribution in [0.15, 0.2) is 54.1 Å². The van der Waals surface area contributed by atoms with Crippen LogP contribution in [0.2, 0.25) is 0 Å². The molecule has 0 radical (unpaired) electrons. The Kier molecular flexibility index (Phi) is 10.4. The number of hydrogen-bond acceptors (Lipinski definition) is 7. The highest BCUT2D eigenvalue weighted by Crippen LogP contribution is 2.42. The predicted molar refractivity (Wildman–Crippen MR) is 186 cm³/mol. The van der Waals surface area contributed by atoms with E-state index in [2.05, 4.69) is 65.0 Å². The van der Waals surface area contributed by atoms with E-state index in [1.165, 1.54) is 0 Å². The van der Waals surface area contributed by atoms with Crippen molar-refractivity contribution >= 4 is 29.7 Å². The first-order chi connectivity index (χ1) is 22.2. The molecule has 1 unspecified atom stereocenters. The first-order valence-electron chi connectivity index (χ1n) is 17.1. The number of benzene rings is 2. The molecule has 9 nitrogen and oxygen atoms in total. The smallest absolute Gasteiger partial charge is 0.491 e. The zero-order chi connectivity index (χ0) is 34.0. The Balaban J connectivity index is 1.44. The number of likely N-dealkylation sites (N-methyl/N-ethyl adjacent to an activating group) is 1. The van der Waals surface area contributed by atoms with Crippen molar-refractivity contribution in [3.05, 3.63) is 65.3 Å². The summed E-state index contributed by atoms with van der Waals surface area (Å²) in [4.78, 5) is 14.2. The summed E-state index contributed by atoms with van der Waals surface area (Å²) >= 11 is 0. The molecule has 254 valence electrons. The molecule has 5 rings (SSSR count). The van der Waals surface area contributed by atoms with Gasteiger partial charge in [0.2, 0.25) is 0 Å². The Morgan fingerprint density at radius 2 is 1.70 bits per heavy atom. The van der Waals surface area contributed by atoms with Gasteiger partial charge in [0.15, 0.2) is 6.23 Å². The fraction of sp³-hybridized carbons (Fsp3) is 0.568. The fourth-order valence-corrected chi connectivity index (χ4v) is 6.04. The Labute approximate surface area is 280 Å². The lowest BCUT2D eigenvalue weighted by molar-refractivity contribution is -0.0366. The van der Waals surface area contributed by atoms with Crippen molar-refractivity contribution in [2.75, 3.05) is 26.3 Å². The standard InChI is InChI=1S/C37H52BN3O6/c1-10-30(38-46-36(6,7)37(8,9)47-38)33(27-17-20-31-28(24-27)25-39-41(31)32-14-12-13-22-44-32)26-15-18-29(19-16-26)43-23-21-40(11-2)34(42)45-35(3,4)5/h15-20,24-25,32H,10-14,21-23H2,1-9H3/b33-30+. The average Bonchev–Trinajstić information content (AvgIpc) is 3.53. The first-order valence-corrected chi connectivity index (χ1v) is 17.1. The van der Waals surface area contributed by atoms with Crippen LogP contribution >= 0.6 is 0 Å². The van der Waals surface area contributed by atoms with E-state index in [0.717, 1.165) is 71.1 Å². The minimum atomic E-state index is -0.543. The number of ether oxygens (including phenoxy) is 3. The maximum absolute atomic E-state index is 12.5. The van der Waals surface area contributed by atoms with E-state index >= 15 is 0 Å². The van der Waals surface area contributed by atoms with E-state index in [1.54, 1.807) is 4.90 Å². The summed E-state index contributed by atoms with van der Waals surface area (Å²) in [6.07, 6.45) is 5.52. The molecule has 0 aliphatic carbocycles. The van der Waals surface area contributed by atoms with Gasteiger partial charge in [0.05, 0.1) is 29.5 Å². The minimum absolute atomic E-state index is 0.0286. The molecule has 2 aliphatic heterocycles. The lowest BCUT2D eigenvalue weighted by Gasteiger charge is -2.32. The number of rotatable bonds is 10. The van der Waals surface area contributed by atoms with Crippen LogP contribution in [0.5, 0.6) is 5.75 Å². The van der Waals surface area contributed by atoms with Crippen molar-refractivity contribution in [1.82, 2.24) is 14.7 Å². The third kappa shape index (κ3) is 7.87. The van der Waals surface area contributed by atoms with Crippen LogP contribution in [0, 0.1) is 0 Å². The first kappa shape index (κ1) is 35.0. The molecule has 47 heavy (non-hydrogen) atoms. The van der Waals surface area contributed by atoms with Crippen molar-refractivity contribution in [1.29, 1.82) is 0 Å². The van der Waals surface area contributed by atoms with Gasteiger partial charge in [-0.2, -0.15) is 5.10 Å². The number of carbonyl (C=O) groups is 1. The molecule has 0 spiro atoms. The van der Waals surface area contributed by atoms with E-state index < -0.39 is 23.9 Å². The summed E-state index contributed by atoms with van der Waals surface area (Å²) < 4.78 is 32.9. The molecular weight excluding hydrogens is 593 g/mol. The average molecular weight is 646 g/mol. The molecule has 2 aliphatic rings. The number of fused-ring (bicyclic) bond motifs is 1. The highest BCUT2D eigenvalue weighted by Gasteiger charge is 2.52. The van der Waals surface area contributed by atoms with Gasteiger partial charge in [0.25, 0.3) is 0 Å². The Morgan fingerprint density at radius 3 is 2.30 bits per heavy atom. The number of aromatic nitrogens is 2. The number of carbonyl (C=O) groups excluding carboxylic acids is 1. The zero-order valence-electron chi connectivity index (χ0n) is 29.7. The Hall–Kier alpha value is -3.34. The van der Waals surface area contributed by atoms with E-state index in [-0.39, 0.29) is 12.3 Å². The second kappa shape index (κ2) is 14.0. The third-order valence-electron chi connectivity index (χ3n) is 9.36. The van der Waals surface area contributed by atoms with Gasteiger partial charge in [-0.1, -0.05) is 25.1 Å². The number of hydrogen-bond donors (Lipinski definition) is 0. The van der Waals surface area contributed by atoms with Crippen LogP contribution in [0.25, 0.3) is 16.5 Å². The summed E-state index contributed by atoms with van der Waals surface area (Å²) in [5.74, 6) is 0.728. The monoisotopic (exact) mass is 645 g/mol. The molecule has 1 amide bonds. The largest absolute Gasteiger partial charge is 0.492 e. The van der Waals surface area contributed by atoms with Crippen LogP contribution in [0.1, 0.15) is 105 Å².